The summed E-state index contributed by atoms with van der Waals surface area (Å²) in [6.07, 6.45) is 29.0. The van der Waals surface area contributed by atoms with E-state index in [0.717, 1.165) is 126 Å². The zero-order valence-corrected chi connectivity index (χ0v) is 83.9. The number of aryl methyl sites for hydroxylation is 12. The molecule has 0 aliphatic carbocycles. The van der Waals surface area contributed by atoms with Crippen LogP contribution in [0.25, 0.3) is 0 Å². The summed E-state index contributed by atoms with van der Waals surface area (Å²) < 4.78 is 14.0. The number of carbonyl (C=O) groups is 2. The van der Waals surface area contributed by atoms with E-state index in [1.54, 1.807) is 100 Å². The minimum absolute atomic E-state index is 0. The molecule has 12 heterocycles. The van der Waals surface area contributed by atoms with Gasteiger partial charge in [0.1, 0.15) is 16.6 Å². The fourth-order valence-electron chi connectivity index (χ4n) is 6.01. The van der Waals surface area contributed by atoms with Crippen molar-refractivity contribution in [3.63, 3.8) is 0 Å². The Kier molecular flexibility index (Phi) is 122. The number of rotatable bonds is 8. The van der Waals surface area contributed by atoms with Crippen molar-refractivity contribution >= 4 is 83.0 Å². The molecule has 0 aliphatic heterocycles. The second-order valence-electron chi connectivity index (χ2n) is 22.7. The maximum Gasteiger partial charge on any atom is 1.00 e. The summed E-state index contributed by atoms with van der Waals surface area (Å²) in [4.78, 5) is 68.1. The Balaban J connectivity index is -0.000000104. The molecule has 12 aromatic rings. The Morgan fingerprint density at radius 2 is 0.917 bits per heavy atom. The molecule has 0 saturated heterocycles. The van der Waals surface area contributed by atoms with Crippen molar-refractivity contribution in [2.45, 2.75) is 162 Å². The van der Waals surface area contributed by atoms with Gasteiger partial charge >= 0.3 is 151 Å². The van der Waals surface area contributed by atoms with Crippen LogP contribution in [0, 0.1) is 139 Å². The fourth-order valence-corrected chi connectivity index (χ4v) is 7.55. The average Bonchev–Trinajstić information content (AvgIpc) is 0.910. The molecule has 0 radical (unpaired) electrons. The van der Waals surface area contributed by atoms with Gasteiger partial charge in [-0.05, 0) is 236 Å². The maximum absolute atomic E-state index is 10.2. The van der Waals surface area contributed by atoms with Crippen molar-refractivity contribution in [3.05, 3.63) is 368 Å². The summed E-state index contributed by atoms with van der Waals surface area (Å²) in [5.41, 5.74) is 13.2. The molecule has 0 atom stereocenters. The third kappa shape index (κ3) is 97.5. The molecule has 0 amide bonds. The Morgan fingerprint density at radius 3 is 1.18 bits per heavy atom. The summed E-state index contributed by atoms with van der Waals surface area (Å²) in [6.45, 7) is 46.1. The Hall–Kier alpha value is -4.31. The van der Waals surface area contributed by atoms with Crippen LogP contribution in [0.5, 0.6) is 11.6 Å². The third-order valence-electron chi connectivity index (χ3n) is 12.4. The molecule has 28 heteroatoms. The molecule has 604 valence electrons. The van der Waals surface area contributed by atoms with Gasteiger partial charge in [-0.25, -0.2) is 34.2 Å². The number of nitrogens with zero attached hydrogens (tertiary/aromatic N) is 12. The predicted octanol–water partition coefficient (Wildman–Crippen LogP) is 0.930. The number of hydrogen-bond acceptors (Lipinski definition) is 16. The molecular formula is C92H116Br3ILi8N12O4. The van der Waals surface area contributed by atoms with Crippen LogP contribution in [0.3, 0.4) is 0 Å². The van der Waals surface area contributed by atoms with Crippen molar-refractivity contribution in [1.29, 1.82) is 0 Å². The third-order valence-corrected chi connectivity index (χ3v) is 14.8. The zero-order chi connectivity index (χ0) is 84.8. The van der Waals surface area contributed by atoms with Crippen LogP contribution in [0.15, 0.2) is 233 Å². The first-order valence-electron chi connectivity index (χ1n) is 36.1. The first kappa shape index (κ1) is 142. The molecule has 0 spiro atoms. The van der Waals surface area contributed by atoms with E-state index in [-0.39, 0.29) is 151 Å². The normalized spacial score (nSPS) is 8.22. The van der Waals surface area contributed by atoms with E-state index in [4.69, 9.17) is 9.47 Å². The standard InChI is InChI=1S/2C7H9NO.2C7H7NO.3C6H6BrN.C6H6IN.4C6H6N.4C4H9.8Li/c1-6-3-4-7(9-2)5-8-6;1-6-4-3-5-7(8-6)9-2;1-6-4-7(5-9)2-3-8-6;1-6-7(5-9)3-2-4-8-6;1-5-2-3-6(7)4-8-5;1-5-6(7)3-2-4-8-5;1-5-3-2-4-6(7)8-5;1-5-4-6(7)2-3-8-5;4*1-6-4-2-3-5-7-6;4*1-3-4-2;;;;;;;;/h2*3-5H,1-2H3;2*2-5H,1H3;4*2-4H,1H3;3-5H,1H3;2,4-5H,1H3;2-3,5H,1H3;2-4H,1H3;4*1,3-4H2,2H3;;;;;;;;/q;;;;;;;;8*-1;8*+1. The van der Waals surface area contributed by atoms with Gasteiger partial charge in [-0.15, -0.1) is 0 Å². The minimum atomic E-state index is 0. The average molecular weight is 1880 g/mol. The van der Waals surface area contributed by atoms with Crippen LogP contribution < -0.4 is 160 Å². The van der Waals surface area contributed by atoms with Gasteiger partial charge in [0, 0.05) is 101 Å². The number of aromatic nitrogens is 12. The molecule has 0 bridgehead atoms. The number of ether oxygens (including phenoxy) is 2. The van der Waals surface area contributed by atoms with Gasteiger partial charge in [0.2, 0.25) is 5.88 Å². The largest absolute Gasteiger partial charge is 1.00 e. The molecule has 12 aromatic heterocycles. The first-order chi connectivity index (χ1) is 53.7. The van der Waals surface area contributed by atoms with Crippen molar-refractivity contribution < 1.29 is 170 Å². The molecule has 0 aromatic carbocycles. The number of methoxy groups -OCH3 is 2. The maximum atomic E-state index is 10.2. The van der Waals surface area contributed by atoms with Crippen LogP contribution in [-0.4, -0.2) is 86.6 Å². The number of aldehydes is 2. The van der Waals surface area contributed by atoms with Crippen LogP contribution >= 0.6 is 70.4 Å². The van der Waals surface area contributed by atoms with Gasteiger partial charge in [-0.2, -0.15) is 74.2 Å². The Morgan fingerprint density at radius 1 is 0.408 bits per heavy atom. The van der Waals surface area contributed by atoms with Gasteiger partial charge < -0.3 is 57.1 Å². The number of hydrogen-bond donors (Lipinski definition) is 0. The molecule has 0 N–H and O–H groups in total. The molecule has 0 aliphatic rings. The molecule has 0 fully saturated rings. The second-order valence-corrected chi connectivity index (χ2v) is 26.5. The molecular weight excluding hydrogens is 1760 g/mol. The smallest absolute Gasteiger partial charge is 0.495 e. The molecule has 0 saturated carbocycles. The Bertz CT molecular complexity index is 3840. The van der Waals surface area contributed by atoms with E-state index in [0.29, 0.717) is 17.0 Å². The summed E-state index contributed by atoms with van der Waals surface area (Å²) >= 11 is 12.1. The van der Waals surface area contributed by atoms with Crippen molar-refractivity contribution in [1.82, 2.24) is 59.8 Å². The number of carbonyl (C=O) groups excluding carboxylic acids is 2. The first-order valence-corrected chi connectivity index (χ1v) is 39.5. The van der Waals surface area contributed by atoms with Gasteiger partial charge in [0.15, 0.2) is 6.29 Å². The monoisotopic (exact) mass is 1870 g/mol. The van der Waals surface area contributed by atoms with E-state index in [1.807, 2.05) is 217 Å². The van der Waals surface area contributed by atoms with Crippen LogP contribution in [0.2, 0.25) is 0 Å². The van der Waals surface area contributed by atoms with E-state index in [9.17, 15) is 9.59 Å². The zero-order valence-electron chi connectivity index (χ0n) is 76.9. The van der Waals surface area contributed by atoms with Gasteiger partial charge in [0.05, 0.1) is 26.1 Å². The molecule has 16 nitrogen and oxygen atoms in total. The summed E-state index contributed by atoms with van der Waals surface area (Å²) in [5.74, 6) is 1.48. The van der Waals surface area contributed by atoms with Gasteiger partial charge in [-0.1, -0.05) is 121 Å². The summed E-state index contributed by atoms with van der Waals surface area (Å²) in [5, 5.41) is 0. The molecule has 120 heavy (non-hydrogen) atoms. The van der Waals surface area contributed by atoms with Crippen molar-refractivity contribution in [2.75, 3.05) is 14.2 Å². The minimum Gasteiger partial charge on any atom is -0.495 e. The van der Waals surface area contributed by atoms with Crippen LogP contribution in [0.4, 0.5) is 0 Å². The van der Waals surface area contributed by atoms with Crippen LogP contribution in [-0.2, 0) is 0 Å². The number of halogens is 4. The van der Waals surface area contributed by atoms with E-state index >= 15 is 0 Å². The summed E-state index contributed by atoms with van der Waals surface area (Å²) in [7, 11) is 3.24. The van der Waals surface area contributed by atoms with Crippen molar-refractivity contribution in [2.24, 2.45) is 0 Å². The van der Waals surface area contributed by atoms with E-state index < -0.39 is 0 Å². The molecule has 0 unspecified atom stereocenters. The summed E-state index contributed by atoms with van der Waals surface area (Å²) in [6, 6.07) is 59.5. The SMILES string of the molecule is COc1ccc(C)nc1.COc1cccc(C)n1.Cc1[c-]cccn1.Cc1c[c-]ccn1.Cc1cc(C=O)ccn1.Cc1cc(I)ccn1.Cc1cc[c-]cn1.Cc1ccc(Br)cn1.Cc1ccc[c-]n1.Cc1cccc(Br)n1.Cc1ncccc1Br.Cc1ncccc1C=O.[CH2-]CCC.[CH2-]CCC.[CH2-]CCC.[CH2-]CCC.[Li+].[Li+].[Li+].[Li+].[Li+].[Li+].[Li+].[Li+]. The van der Waals surface area contributed by atoms with Gasteiger partial charge in [0.25, 0.3) is 0 Å². The second kappa shape index (κ2) is 103. The molecule has 12 rings (SSSR count). The van der Waals surface area contributed by atoms with E-state index in [2.05, 4.69) is 210 Å². The predicted molar refractivity (Wildman–Crippen MR) is 484 cm³/mol. The van der Waals surface area contributed by atoms with E-state index in [1.165, 1.54) is 29.3 Å². The quantitative estimate of drug-likeness (QED) is 0.0682. The fraction of sp³-hybridized carbons (Fsp3) is 0.283. The van der Waals surface area contributed by atoms with Crippen LogP contribution in [0.1, 0.15) is 168 Å². The van der Waals surface area contributed by atoms with Gasteiger partial charge in [-0.3, -0.25) is 39.5 Å². The number of pyridine rings is 12. The topological polar surface area (TPSA) is 207 Å². The number of unbranched alkanes of at least 4 members (excludes halogenated alkanes) is 4. The Labute approximate surface area is 858 Å². The van der Waals surface area contributed by atoms with Crippen molar-refractivity contribution in [3.8, 4) is 11.6 Å².